The van der Waals surface area contributed by atoms with E-state index in [9.17, 15) is 0 Å². The van der Waals surface area contributed by atoms with Gasteiger partial charge in [0.1, 0.15) is 18.2 Å². The molecular weight excluding hydrogens is 274 g/mol. The van der Waals surface area contributed by atoms with Gasteiger partial charge in [0.05, 0.1) is 5.69 Å². The van der Waals surface area contributed by atoms with Gasteiger partial charge in [0.2, 0.25) is 0 Å². The molecule has 0 amide bonds. The molecule has 3 aromatic rings. The fourth-order valence-corrected chi connectivity index (χ4v) is 2.55. The zero-order valence-corrected chi connectivity index (χ0v) is 12.8. The lowest BCUT2D eigenvalue weighted by atomic mass is 10.0. The van der Waals surface area contributed by atoms with Crippen LogP contribution >= 0.6 is 0 Å². The summed E-state index contributed by atoms with van der Waals surface area (Å²) in [5.41, 5.74) is 11.0. The van der Waals surface area contributed by atoms with Gasteiger partial charge in [-0.3, -0.25) is 5.10 Å². The lowest BCUT2D eigenvalue weighted by Gasteiger charge is -2.14. The zero-order chi connectivity index (χ0) is 15.5. The molecule has 0 aliphatic rings. The van der Waals surface area contributed by atoms with Gasteiger partial charge in [-0.25, -0.2) is 0 Å². The first-order chi connectivity index (χ1) is 10.6. The predicted octanol–water partition coefficient (Wildman–Crippen LogP) is 3.85. The minimum atomic E-state index is 0.495. The van der Waals surface area contributed by atoms with Crippen molar-refractivity contribution < 1.29 is 4.74 Å². The monoisotopic (exact) mass is 293 g/mol. The van der Waals surface area contributed by atoms with Crippen LogP contribution < -0.4 is 10.5 Å². The van der Waals surface area contributed by atoms with Gasteiger partial charge in [0, 0.05) is 11.6 Å². The molecule has 0 atom stereocenters. The van der Waals surface area contributed by atoms with Crippen LogP contribution in [-0.4, -0.2) is 10.2 Å². The summed E-state index contributed by atoms with van der Waals surface area (Å²) in [6, 6.07) is 16.2. The summed E-state index contributed by atoms with van der Waals surface area (Å²) in [5, 5.41) is 6.91. The zero-order valence-electron chi connectivity index (χ0n) is 12.8. The topological polar surface area (TPSA) is 63.9 Å². The number of ether oxygens (including phenoxy) is 1. The second-order valence-electron chi connectivity index (χ2n) is 5.42. The van der Waals surface area contributed by atoms with Crippen molar-refractivity contribution in [2.24, 2.45) is 0 Å². The van der Waals surface area contributed by atoms with Gasteiger partial charge in [-0.1, -0.05) is 30.3 Å². The average molecular weight is 293 g/mol. The Labute approximate surface area is 129 Å². The van der Waals surface area contributed by atoms with Crippen LogP contribution in [0, 0.1) is 13.8 Å². The molecule has 0 aliphatic heterocycles. The minimum Gasteiger partial charge on any atom is -0.488 e. The number of nitrogens with one attached hydrogen (secondary N) is 1. The van der Waals surface area contributed by atoms with E-state index in [1.165, 1.54) is 0 Å². The Morgan fingerprint density at radius 2 is 1.73 bits per heavy atom. The van der Waals surface area contributed by atoms with E-state index < -0.39 is 0 Å². The smallest absolute Gasteiger partial charge is 0.145 e. The average Bonchev–Trinajstić information content (AvgIpc) is 2.94. The van der Waals surface area contributed by atoms with Crippen LogP contribution in [0.3, 0.4) is 0 Å². The molecule has 3 rings (SSSR count). The molecule has 4 heteroatoms. The highest BCUT2D eigenvalue weighted by atomic mass is 16.5. The molecule has 0 saturated heterocycles. The maximum atomic E-state index is 6.00. The Kier molecular flexibility index (Phi) is 3.83. The summed E-state index contributed by atoms with van der Waals surface area (Å²) in [6.45, 7) is 4.67. The van der Waals surface area contributed by atoms with E-state index in [4.69, 9.17) is 10.5 Å². The Morgan fingerprint density at radius 3 is 2.32 bits per heavy atom. The molecule has 0 radical (unpaired) electrons. The minimum absolute atomic E-state index is 0.495. The number of H-pyrrole nitrogens is 1. The van der Waals surface area contributed by atoms with E-state index >= 15 is 0 Å². The standard InChI is InChI=1S/C18H19N3O/c1-12-8-15(16-10-17(19)21-20-16)9-13(2)18(12)22-11-14-6-4-3-5-7-14/h3-10H,11H2,1-2H3,(H3,19,20,21). The van der Waals surface area contributed by atoms with Gasteiger partial charge in [-0.2, -0.15) is 5.10 Å². The highest BCUT2D eigenvalue weighted by Gasteiger charge is 2.09. The third-order valence-electron chi connectivity index (χ3n) is 3.60. The summed E-state index contributed by atoms with van der Waals surface area (Å²) >= 11 is 0. The number of benzene rings is 2. The molecule has 0 aliphatic carbocycles. The SMILES string of the molecule is Cc1cc(-c2cc(N)n[nH]2)cc(C)c1OCc1ccccc1. The molecule has 0 fully saturated rings. The number of aromatic amines is 1. The van der Waals surface area contributed by atoms with Crippen molar-refractivity contribution in [2.75, 3.05) is 5.73 Å². The van der Waals surface area contributed by atoms with E-state index in [1.54, 1.807) is 0 Å². The van der Waals surface area contributed by atoms with Crippen LogP contribution in [0.1, 0.15) is 16.7 Å². The summed E-state index contributed by atoms with van der Waals surface area (Å²) in [4.78, 5) is 0. The Bertz CT molecular complexity index is 755. The molecule has 1 heterocycles. The predicted molar refractivity (Wildman–Crippen MR) is 88.7 cm³/mol. The van der Waals surface area contributed by atoms with Gasteiger partial charge in [0.25, 0.3) is 0 Å². The Balaban J connectivity index is 1.84. The normalized spacial score (nSPS) is 10.6. The molecule has 0 bridgehead atoms. The number of aromatic nitrogens is 2. The lowest BCUT2D eigenvalue weighted by Crippen LogP contribution is -1.99. The van der Waals surface area contributed by atoms with Crippen molar-refractivity contribution in [1.82, 2.24) is 10.2 Å². The van der Waals surface area contributed by atoms with Crippen molar-refractivity contribution in [3.05, 3.63) is 65.2 Å². The number of anilines is 1. The van der Waals surface area contributed by atoms with Crippen molar-refractivity contribution in [3.63, 3.8) is 0 Å². The third-order valence-corrected chi connectivity index (χ3v) is 3.60. The van der Waals surface area contributed by atoms with E-state index in [0.29, 0.717) is 12.4 Å². The molecule has 22 heavy (non-hydrogen) atoms. The molecule has 0 saturated carbocycles. The fraction of sp³-hybridized carbons (Fsp3) is 0.167. The quantitative estimate of drug-likeness (QED) is 0.768. The number of hydrogen-bond acceptors (Lipinski definition) is 3. The summed E-state index contributed by atoms with van der Waals surface area (Å²) in [6.07, 6.45) is 0. The molecule has 3 N–H and O–H groups in total. The van der Waals surface area contributed by atoms with Crippen molar-refractivity contribution in [1.29, 1.82) is 0 Å². The first-order valence-electron chi connectivity index (χ1n) is 7.22. The summed E-state index contributed by atoms with van der Waals surface area (Å²) < 4.78 is 6.00. The summed E-state index contributed by atoms with van der Waals surface area (Å²) in [7, 11) is 0. The number of nitrogens with zero attached hydrogens (tertiary/aromatic N) is 1. The van der Waals surface area contributed by atoms with Gasteiger partial charge in [-0.15, -0.1) is 0 Å². The molecule has 1 aromatic heterocycles. The largest absolute Gasteiger partial charge is 0.488 e. The maximum Gasteiger partial charge on any atom is 0.145 e. The first-order valence-corrected chi connectivity index (χ1v) is 7.22. The molecule has 2 aromatic carbocycles. The number of nitrogens with two attached hydrogens (primary N) is 1. The lowest BCUT2D eigenvalue weighted by molar-refractivity contribution is 0.302. The number of hydrogen-bond donors (Lipinski definition) is 2. The van der Waals surface area contributed by atoms with Crippen LogP contribution in [0.5, 0.6) is 5.75 Å². The van der Waals surface area contributed by atoms with E-state index in [1.807, 2.05) is 24.3 Å². The van der Waals surface area contributed by atoms with Gasteiger partial charge in [0.15, 0.2) is 0 Å². The van der Waals surface area contributed by atoms with Crippen LogP contribution in [0.25, 0.3) is 11.3 Å². The Hall–Kier alpha value is -2.75. The van der Waals surface area contributed by atoms with Crippen LogP contribution in [0.15, 0.2) is 48.5 Å². The van der Waals surface area contributed by atoms with Crippen molar-refractivity contribution in [3.8, 4) is 17.0 Å². The van der Waals surface area contributed by atoms with E-state index in [-0.39, 0.29) is 0 Å². The molecular formula is C18H19N3O. The molecule has 0 unspecified atom stereocenters. The van der Waals surface area contributed by atoms with Crippen LogP contribution in [0.2, 0.25) is 0 Å². The number of nitrogen functional groups attached to an aromatic ring is 1. The highest BCUT2D eigenvalue weighted by molar-refractivity contribution is 5.66. The van der Waals surface area contributed by atoms with Gasteiger partial charge in [-0.05, 0) is 42.7 Å². The maximum absolute atomic E-state index is 6.00. The van der Waals surface area contributed by atoms with Gasteiger partial charge < -0.3 is 10.5 Å². The number of rotatable bonds is 4. The number of aryl methyl sites for hydroxylation is 2. The Morgan fingerprint density at radius 1 is 1.05 bits per heavy atom. The summed E-state index contributed by atoms with van der Waals surface area (Å²) in [5.74, 6) is 1.43. The van der Waals surface area contributed by atoms with E-state index in [0.717, 1.165) is 33.7 Å². The van der Waals surface area contributed by atoms with Crippen LogP contribution in [0.4, 0.5) is 5.82 Å². The molecule has 4 nitrogen and oxygen atoms in total. The van der Waals surface area contributed by atoms with Gasteiger partial charge >= 0.3 is 0 Å². The first kappa shape index (κ1) is 14.2. The third kappa shape index (κ3) is 2.96. The highest BCUT2D eigenvalue weighted by Crippen LogP contribution is 2.30. The second kappa shape index (κ2) is 5.93. The van der Waals surface area contributed by atoms with Crippen molar-refractivity contribution in [2.45, 2.75) is 20.5 Å². The fourth-order valence-electron chi connectivity index (χ4n) is 2.55. The second-order valence-corrected chi connectivity index (χ2v) is 5.42. The van der Waals surface area contributed by atoms with Crippen LogP contribution in [-0.2, 0) is 6.61 Å². The van der Waals surface area contributed by atoms with Crippen molar-refractivity contribution >= 4 is 5.82 Å². The van der Waals surface area contributed by atoms with E-state index in [2.05, 4.69) is 48.3 Å². The molecule has 0 spiro atoms. The molecule has 112 valence electrons.